The van der Waals surface area contributed by atoms with Crippen molar-refractivity contribution in [3.63, 3.8) is 0 Å². The molecule has 0 aromatic carbocycles. The highest BCUT2D eigenvalue weighted by Gasteiger charge is 2.44. The Hall–Kier alpha value is -3.17. The van der Waals surface area contributed by atoms with Gasteiger partial charge in [0.05, 0.1) is 43.0 Å². The summed E-state index contributed by atoms with van der Waals surface area (Å²) in [6.45, 7) is 5.52. The van der Waals surface area contributed by atoms with Crippen LogP contribution in [0.25, 0.3) is 16.9 Å². The zero-order chi connectivity index (χ0) is 21.7. The highest BCUT2D eigenvalue weighted by atomic mass is 19.1. The Morgan fingerprint density at radius 2 is 1.94 bits per heavy atom. The van der Waals surface area contributed by atoms with Gasteiger partial charge in [-0.15, -0.1) is 0 Å². The summed E-state index contributed by atoms with van der Waals surface area (Å²) in [6.07, 6.45) is 8.10. The van der Waals surface area contributed by atoms with Crippen molar-refractivity contribution < 1.29 is 13.9 Å². The molecule has 5 rings (SSSR count). The fraction of sp³-hybridized carbons (Fsp3) is 0.524. The predicted octanol–water partition coefficient (Wildman–Crippen LogP) is 2.71. The summed E-state index contributed by atoms with van der Waals surface area (Å²) in [5.74, 6) is -0.123. The minimum absolute atomic E-state index is 0.00113. The van der Waals surface area contributed by atoms with Crippen LogP contribution in [0.5, 0.6) is 0 Å². The number of hydrogen-bond donors (Lipinski definition) is 0. The number of aryl methyl sites for hydroxylation is 1. The second-order valence-electron chi connectivity index (χ2n) is 8.81. The normalized spacial score (nSPS) is 20.8. The number of rotatable bonds is 4. The molecule has 164 valence electrons. The van der Waals surface area contributed by atoms with Gasteiger partial charge in [-0.2, -0.15) is 10.2 Å². The van der Waals surface area contributed by atoms with Crippen LogP contribution in [-0.4, -0.2) is 67.2 Å². The molecule has 31 heavy (non-hydrogen) atoms. The van der Waals surface area contributed by atoms with E-state index >= 15 is 0 Å². The number of ether oxygens (including phenoxy) is 1. The van der Waals surface area contributed by atoms with Crippen molar-refractivity contribution in [1.29, 1.82) is 0 Å². The van der Waals surface area contributed by atoms with E-state index in [1.54, 1.807) is 21.6 Å². The SMILES string of the molecule is CC(C)COC(=O)N1C2CCC1CN(c1c(F)cnn3cc(-c4cnn(C)c4)nc13)C2. The van der Waals surface area contributed by atoms with Gasteiger partial charge in [-0.1, -0.05) is 13.8 Å². The molecule has 0 N–H and O–H groups in total. The van der Waals surface area contributed by atoms with E-state index in [1.165, 1.54) is 6.20 Å². The van der Waals surface area contributed by atoms with E-state index in [0.29, 0.717) is 36.7 Å². The number of amides is 1. The average Bonchev–Trinajstić information content (AvgIpc) is 3.41. The van der Waals surface area contributed by atoms with Gasteiger partial charge in [0, 0.05) is 31.9 Å². The summed E-state index contributed by atoms with van der Waals surface area (Å²) in [7, 11) is 1.84. The van der Waals surface area contributed by atoms with E-state index in [1.807, 2.05) is 36.9 Å². The van der Waals surface area contributed by atoms with Crippen LogP contribution in [0, 0.1) is 11.7 Å². The first kappa shape index (κ1) is 19.8. The number of carbonyl (C=O) groups excluding carboxylic acids is 1. The number of fused-ring (bicyclic) bond motifs is 3. The lowest BCUT2D eigenvalue weighted by Crippen LogP contribution is -2.56. The molecule has 1 amide bonds. The maximum atomic E-state index is 15.0. The van der Waals surface area contributed by atoms with E-state index < -0.39 is 5.82 Å². The van der Waals surface area contributed by atoms with Gasteiger partial charge in [0.15, 0.2) is 11.5 Å². The van der Waals surface area contributed by atoms with Crippen LogP contribution in [0.4, 0.5) is 14.9 Å². The van der Waals surface area contributed by atoms with Gasteiger partial charge in [0.1, 0.15) is 5.69 Å². The van der Waals surface area contributed by atoms with Crippen LogP contribution < -0.4 is 4.90 Å². The Morgan fingerprint density at radius 1 is 1.19 bits per heavy atom. The van der Waals surface area contributed by atoms with Gasteiger partial charge < -0.3 is 9.64 Å². The topological polar surface area (TPSA) is 80.8 Å². The second kappa shape index (κ2) is 7.51. The molecule has 0 aliphatic carbocycles. The van der Waals surface area contributed by atoms with Crippen LogP contribution in [0.1, 0.15) is 26.7 Å². The number of nitrogens with zero attached hydrogens (tertiary/aromatic N) is 7. The van der Waals surface area contributed by atoms with Gasteiger partial charge in [-0.05, 0) is 18.8 Å². The second-order valence-corrected chi connectivity index (χ2v) is 8.81. The number of hydrogen-bond acceptors (Lipinski definition) is 6. The summed E-state index contributed by atoms with van der Waals surface area (Å²) < 4.78 is 23.8. The van der Waals surface area contributed by atoms with Crippen molar-refractivity contribution >= 4 is 17.4 Å². The van der Waals surface area contributed by atoms with Crippen molar-refractivity contribution in [3.05, 3.63) is 30.6 Å². The standard InChI is InChI=1S/C21H26FN7O2/c1-13(2)12-31-21(30)29-15-4-5-16(29)10-27(9-15)19-17(22)7-24-28-11-18(25-20(19)28)14-6-23-26(3)8-14/h6-8,11,13,15-16H,4-5,9-10,12H2,1-3H3. The zero-order valence-corrected chi connectivity index (χ0v) is 17.9. The third-order valence-electron chi connectivity index (χ3n) is 5.97. The Balaban J connectivity index is 1.43. The number of halogens is 1. The molecule has 3 aromatic rings. The Morgan fingerprint density at radius 3 is 2.58 bits per heavy atom. The molecule has 2 aliphatic heterocycles. The highest BCUT2D eigenvalue weighted by molar-refractivity contribution is 5.75. The van der Waals surface area contributed by atoms with Gasteiger partial charge >= 0.3 is 6.09 Å². The Labute approximate surface area is 179 Å². The number of piperazine rings is 1. The zero-order valence-electron chi connectivity index (χ0n) is 17.9. The minimum Gasteiger partial charge on any atom is -0.449 e. The first-order valence-electron chi connectivity index (χ1n) is 10.6. The Bertz CT molecular complexity index is 1110. The van der Waals surface area contributed by atoms with E-state index in [2.05, 4.69) is 15.2 Å². The predicted molar refractivity (Wildman–Crippen MR) is 112 cm³/mol. The maximum Gasteiger partial charge on any atom is 0.410 e. The van der Waals surface area contributed by atoms with Crippen molar-refractivity contribution in [1.82, 2.24) is 29.3 Å². The van der Waals surface area contributed by atoms with Gasteiger partial charge in [0.25, 0.3) is 0 Å². The summed E-state index contributed by atoms with van der Waals surface area (Å²) in [5.41, 5.74) is 2.43. The molecule has 10 heteroatoms. The molecule has 2 atom stereocenters. The Kier molecular flexibility index (Phi) is 4.79. The fourth-order valence-electron chi connectivity index (χ4n) is 4.58. The molecule has 2 unspecified atom stereocenters. The molecule has 2 aliphatic rings. The quantitative estimate of drug-likeness (QED) is 0.637. The molecule has 2 fully saturated rings. The third kappa shape index (κ3) is 3.49. The lowest BCUT2D eigenvalue weighted by atomic mass is 10.2. The number of aromatic nitrogens is 5. The minimum atomic E-state index is -0.411. The molecule has 9 nitrogen and oxygen atoms in total. The van der Waals surface area contributed by atoms with Crippen LogP contribution >= 0.6 is 0 Å². The lowest BCUT2D eigenvalue weighted by Gasteiger charge is -2.41. The van der Waals surface area contributed by atoms with Crippen LogP contribution in [0.2, 0.25) is 0 Å². The molecule has 2 bridgehead atoms. The molecule has 0 radical (unpaired) electrons. The van der Waals surface area contributed by atoms with Gasteiger partial charge in [-0.25, -0.2) is 18.7 Å². The van der Waals surface area contributed by atoms with Crippen molar-refractivity contribution in [2.24, 2.45) is 13.0 Å². The van der Waals surface area contributed by atoms with E-state index in [4.69, 9.17) is 4.74 Å². The number of anilines is 1. The number of carbonyl (C=O) groups is 1. The third-order valence-corrected chi connectivity index (χ3v) is 5.97. The fourth-order valence-corrected chi connectivity index (χ4v) is 4.58. The monoisotopic (exact) mass is 427 g/mol. The largest absolute Gasteiger partial charge is 0.449 e. The number of imidazole rings is 1. The molecule has 0 spiro atoms. The van der Waals surface area contributed by atoms with Crippen LogP contribution in [0.3, 0.4) is 0 Å². The average molecular weight is 427 g/mol. The lowest BCUT2D eigenvalue weighted by molar-refractivity contribution is 0.0704. The summed E-state index contributed by atoms with van der Waals surface area (Å²) >= 11 is 0. The summed E-state index contributed by atoms with van der Waals surface area (Å²) in [6, 6.07) is -0.00225. The van der Waals surface area contributed by atoms with Gasteiger partial charge in [-0.3, -0.25) is 9.58 Å². The van der Waals surface area contributed by atoms with E-state index in [9.17, 15) is 9.18 Å². The van der Waals surface area contributed by atoms with E-state index in [0.717, 1.165) is 18.4 Å². The molecule has 2 saturated heterocycles. The maximum absolute atomic E-state index is 15.0. The molecule has 3 aromatic heterocycles. The smallest absolute Gasteiger partial charge is 0.410 e. The molecular formula is C21H26FN7O2. The van der Waals surface area contributed by atoms with Crippen molar-refractivity contribution in [2.75, 3.05) is 24.6 Å². The molecular weight excluding hydrogens is 401 g/mol. The van der Waals surface area contributed by atoms with Crippen molar-refractivity contribution in [2.45, 2.75) is 38.8 Å². The molecule has 0 saturated carbocycles. The summed E-state index contributed by atoms with van der Waals surface area (Å²) in [4.78, 5) is 21.1. The highest BCUT2D eigenvalue weighted by Crippen LogP contribution is 2.36. The van der Waals surface area contributed by atoms with Crippen LogP contribution in [0.15, 0.2) is 24.8 Å². The van der Waals surface area contributed by atoms with Crippen LogP contribution in [-0.2, 0) is 11.8 Å². The van der Waals surface area contributed by atoms with Gasteiger partial charge in [0.2, 0.25) is 0 Å². The first-order valence-corrected chi connectivity index (χ1v) is 10.6. The molecule has 5 heterocycles. The first-order chi connectivity index (χ1) is 14.9. The van der Waals surface area contributed by atoms with E-state index in [-0.39, 0.29) is 24.1 Å². The summed E-state index contributed by atoms with van der Waals surface area (Å²) in [5, 5.41) is 8.35. The van der Waals surface area contributed by atoms with Crippen molar-refractivity contribution in [3.8, 4) is 11.3 Å².